The molecule has 3 heteroatoms. The Balaban J connectivity index is 1.80. The largest absolute Gasteiger partial charge is 0.493 e. The molecule has 0 aromatic heterocycles. The number of rotatable bonds is 4. The van der Waals surface area contributed by atoms with E-state index in [0.29, 0.717) is 18.3 Å². The first-order chi connectivity index (χ1) is 6.88. The van der Waals surface area contributed by atoms with Gasteiger partial charge in [0.05, 0.1) is 31.0 Å². The highest BCUT2D eigenvalue weighted by Gasteiger charge is 2.21. The first kappa shape index (κ1) is 9.04. The van der Waals surface area contributed by atoms with Crippen LogP contribution in [0.2, 0.25) is 0 Å². The van der Waals surface area contributed by atoms with Gasteiger partial charge in [-0.2, -0.15) is 5.26 Å². The number of nitriles is 1. The molecule has 0 N–H and O–H groups in total. The lowest BCUT2D eigenvalue weighted by Crippen LogP contribution is -2.00. The third-order valence-corrected chi connectivity index (χ3v) is 2.09. The van der Waals surface area contributed by atoms with Crippen LogP contribution in [0.5, 0.6) is 5.75 Å². The summed E-state index contributed by atoms with van der Waals surface area (Å²) in [6.07, 6.45) is 1.35. The van der Waals surface area contributed by atoms with Gasteiger partial charge in [-0.15, -0.1) is 0 Å². The predicted molar refractivity (Wildman–Crippen MR) is 51.0 cm³/mol. The van der Waals surface area contributed by atoms with Crippen molar-refractivity contribution in [1.82, 2.24) is 0 Å². The fourth-order valence-electron chi connectivity index (χ4n) is 1.17. The van der Waals surface area contributed by atoms with Gasteiger partial charge in [0.25, 0.3) is 0 Å². The SMILES string of the molecule is N#Cc1ccc(OCCC2CO2)cc1. The lowest BCUT2D eigenvalue weighted by Gasteiger charge is -2.03. The monoisotopic (exact) mass is 189 g/mol. The maximum Gasteiger partial charge on any atom is 0.119 e. The average Bonchev–Trinajstić information content (AvgIpc) is 3.03. The molecule has 1 aromatic rings. The van der Waals surface area contributed by atoms with Crippen molar-refractivity contribution in [3.63, 3.8) is 0 Å². The van der Waals surface area contributed by atoms with Crippen LogP contribution in [0.1, 0.15) is 12.0 Å². The Morgan fingerprint density at radius 1 is 1.43 bits per heavy atom. The molecule has 1 unspecified atom stereocenters. The molecule has 1 heterocycles. The Morgan fingerprint density at radius 2 is 2.14 bits per heavy atom. The second-order valence-electron chi connectivity index (χ2n) is 3.23. The summed E-state index contributed by atoms with van der Waals surface area (Å²) in [6.45, 7) is 1.55. The summed E-state index contributed by atoms with van der Waals surface area (Å²) in [6, 6.07) is 9.19. The van der Waals surface area contributed by atoms with Gasteiger partial charge in [-0.3, -0.25) is 0 Å². The van der Waals surface area contributed by atoms with Crippen LogP contribution in [0.15, 0.2) is 24.3 Å². The molecule has 1 aromatic carbocycles. The standard InChI is InChI=1S/C11H11NO2/c12-7-9-1-3-10(4-2-9)13-6-5-11-8-14-11/h1-4,11H,5-6,8H2. The fraction of sp³-hybridized carbons (Fsp3) is 0.364. The number of hydrogen-bond donors (Lipinski definition) is 0. The first-order valence-electron chi connectivity index (χ1n) is 4.63. The third-order valence-electron chi connectivity index (χ3n) is 2.09. The minimum atomic E-state index is 0.411. The second kappa shape index (κ2) is 4.12. The number of benzene rings is 1. The fourth-order valence-corrected chi connectivity index (χ4v) is 1.17. The van der Waals surface area contributed by atoms with E-state index < -0.39 is 0 Å². The van der Waals surface area contributed by atoms with Gasteiger partial charge in [-0.05, 0) is 24.3 Å². The van der Waals surface area contributed by atoms with Crippen LogP contribution >= 0.6 is 0 Å². The normalized spacial score (nSPS) is 18.6. The van der Waals surface area contributed by atoms with Crippen LogP contribution in [0.3, 0.4) is 0 Å². The maximum atomic E-state index is 8.58. The summed E-state index contributed by atoms with van der Waals surface area (Å²) in [7, 11) is 0. The molecule has 0 spiro atoms. The zero-order chi connectivity index (χ0) is 9.80. The van der Waals surface area contributed by atoms with Crippen molar-refractivity contribution < 1.29 is 9.47 Å². The number of ether oxygens (including phenoxy) is 2. The zero-order valence-electron chi connectivity index (χ0n) is 7.77. The maximum absolute atomic E-state index is 8.58. The van der Waals surface area contributed by atoms with E-state index in [0.717, 1.165) is 18.8 Å². The van der Waals surface area contributed by atoms with Crippen LogP contribution in [0.4, 0.5) is 0 Å². The van der Waals surface area contributed by atoms with E-state index in [2.05, 4.69) is 6.07 Å². The molecule has 3 nitrogen and oxygen atoms in total. The Morgan fingerprint density at radius 3 is 2.71 bits per heavy atom. The molecule has 1 aliphatic rings. The van der Waals surface area contributed by atoms with E-state index in [1.54, 1.807) is 12.1 Å². The second-order valence-corrected chi connectivity index (χ2v) is 3.23. The molecule has 72 valence electrons. The van der Waals surface area contributed by atoms with E-state index in [-0.39, 0.29) is 0 Å². The van der Waals surface area contributed by atoms with Gasteiger partial charge in [0, 0.05) is 6.42 Å². The van der Waals surface area contributed by atoms with E-state index in [4.69, 9.17) is 14.7 Å². The van der Waals surface area contributed by atoms with Crippen molar-refractivity contribution in [2.75, 3.05) is 13.2 Å². The summed E-state index contributed by atoms with van der Waals surface area (Å²) in [5.41, 5.74) is 0.655. The van der Waals surface area contributed by atoms with Crippen LogP contribution in [-0.4, -0.2) is 19.3 Å². The quantitative estimate of drug-likeness (QED) is 0.677. The molecular weight excluding hydrogens is 178 g/mol. The molecule has 0 radical (unpaired) electrons. The average molecular weight is 189 g/mol. The van der Waals surface area contributed by atoms with Crippen molar-refractivity contribution in [2.24, 2.45) is 0 Å². The van der Waals surface area contributed by atoms with Gasteiger partial charge < -0.3 is 9.47 Å². The summed E-state index contributed by atoms with van der Waals surface area (Å²) in [5.74, 6) is 0.810. The zero-order valence-corrected chi connectivity index (χ0v) is 7.77. The predicted octanol–water partition coefficient (Wildman–Crippen LogP) is 1.73. The van der Waals surface area contributed by atoms with Crippen molar-refractivity contribution in [3.05, 3.63) is 29.8 Å². The van der Waals surface area contributed by atoms with E-state index in [1.165, 1.54) is 0 Å². The molecule has 1 atom stereocenters. The molecule has 0 amide bonds. The third kappa shape index (κ3) is 2.48. The highest BCUT2D eigenvalue weighted by atomic mass is 16.6. The van der Waals surface area contributed by atoms with Gasteiger partial charge in [-0.25, -0.2) is 0 Å². The van der Waals surface area contributed by atoms with Crippen LogP contribution in [-0.2, 0) is 4.74 Å². The highest BCUT2D eigenvalue weighted by Crippen LogP contribution is 2.16. The van der Waals surface area contributed by atoms with Crippen molar-refractivity contribution >= 4 is 0 Å². The molecule has 1 fully saturated rings. The minimum absolute atomic E-state index is 0.411. The Hall–Kier alpha value is -1.53. The van der Waals surface area contributed by atoms with Crippen molar-refractivity contribution in [3.8, 4) is 11.8 Å². The molecule has 14 heavy (non-hydrogen) atoms. The van der Waals surface area contributed by atoms with E-state index in [1.807, 2.05) is 12.1 Å². The lowest BCUT2D eigenvalue weighted by atomic mass is 10.2. The van der Waals surface area contributed by atoms with Gasteiger partial charge in [-0.1, -0.05) is 0 Å². The molecule has 1 saturated heterocycles. The summed E-state index contributed by atoms with van der Waals surface area (Å²) in [4.78, 5) is 0. The van der Waals surface area contributed by atoms with Gasteiger partial charge >= 0.3 is 0 Å². The molecule has 0 saturated carbocycles. The number of hydrogen-bond acceptors (Lipinski definition) is 3. The van der Waals surface area contributed by atoms with Gasteiger partial charge in [0.1, 0.15) is 5.75 Å². The number of epoxide rings is 1. The molecule has 0 bridgehead atoms. The molecule has 2 rings (SSSR count). The molecular formula is C11H11NO2. The van der Waals surface area contributed by atoms with Crippen molar-refractivity contribution in [1.29, 1.82) is 5.26 Å². The molecule has 1 aliphatic heterocycles. The Labute approximate surface area is 82.9 Å². The number of nitrogens with zero attached hydrogens (tertiary/aromatic N) is 1. The molecule has 0 aliphatic carbocycles. The first-order valence-corrected chi connectivity index (χ1v) is 4.63. The van der Waals surface area contributed by atoms with Crippen LogP contribution in [0, 0.1) is 11.3 Å². The smallest absolute Gasteiger partial charge is 0.119 e. The topological polar surface area (TPSA) is 45.5 Å². The van der Waals surface area contributed by atoms with Crippen LogP contribution in [0.25, 0.3) is 0 Å². The minimum Gasteiger partial charge on any atom is -0.493 e. The summed E-state index contributed by atoms with van der Waals surface area (Å²) in [5, 5.41) is 8.58. The Bertz CT molecular complexity index is 335. The van der Waals surface area contributed by atoms with Gasteiger partial charge in [0.2, 0.25) is 0 Å². The van der Waals surface area contributed by atoms with Gasteiger partial charge in [0.15, 0.2) is 0 Å². The van der Waals surface area contributed by atoms with E-state index in [9.17, 15) is 0 Å². The van der Waals surface area contributed by atoms with E-state index >= 15 is 0 Å². The lowest BCUT2D eigenvalue weighted by molar-refractivity contribution is 0.283. The summed E-state index contributed by atoms with van der Waals surface area (Å²) >= 11 is 0. The highest BCUT2D eigenvalue weighted by molar-refractivity contribution is 5.34. The summed E-state index contributed by atoms with van der Waals surface area (Å²) < 4.78 is 10.5. The van der Waals surface area contributed by atoms with Crippen LogP contribution < -0.4 is 4.74 Å². The van der Waals surface area contributed by atoms with Crippen molar-refractivity contribution in [2.45, 2.75) is 12.5 Å². The Kier molecular flexibility index (Phi) is 2.66.